The summed E-state index contributed by atoms with van der Waals surface area (Å²) in [5, 5.41) is 13.1. The van der Waals surface area contributed by atoms with E-state index in [1.807, 2.05) is 54.6 Å². The molecule has 0 unspecified atom stereocenters. The van der Waals surface area contributed by atoms with Crippen molar-refractivity contribution >= 4 is 17.9 Å². The lowest BCUT2D eigenvalue weighted by molar-refractivity contribution is -0.344. The molecule has 9 heteroatoms. The van der Waals surface area contributed by atoms with Gasteiger partial charge in [-0.3, -0.25) is 19.8 Å². The SMILES string of the molecule is C[C@@H]1C(=O)OC[C@H]2O[C@H](C[C@@H]2O)N2C(=O)NC(=O)[C@@]3(C)[C@@H]2O[C@]3(c2ccccc2)c2cccc1c2. The van der Waals surface area contributed by atoms with Crippen molar-refractivity contribution in [2.45, 2.75) is 56.5 Å². The molecule has 0 spiro atoms. The van der Waals surface area contributed by atoms with Crippen LogP contribution in [0.5, 0.6) is 0 Å². The molecule has 35 heavy (non-hydrogen) atoms. The first-order chi connectivity index (χ1) is 16.8. The van der Waals surface area contributed by atoms with Crippen molar-refractivity contribution in [3.8, 4) is 0 Å². The van der Waals surface area contributed by atoms with E-state index in [1.165, 1.54) is 4.90 Å². The van der Waals surface area contributed by atoms with Gasteiger partial charge in [0.15, 0.2) is 6.23 Å². The summed E-state index contributed by atoms with van der Waals surface area (Å²) in [5.74, 6) is -1.51. The molecule has 0 radical (unpaired) electrons. The number of benzene rings is 2. The van der Waals surface area contributed by atoms with E-state index in [1.54, 1.807) is 13.8 Å². The van der Waals surface area contributed by atoms with Gasteiger partial charge in [-0.05, 0) is 30.5 Å². The molecule has 0 aromatic heterocycles. The highest BCUT2D eigenvalue weighted by molar-refractivity contribution is 6.02. The molecular weight excluding hydrogens is 452 g/mol. The topological polar surface area (TPSA) is 114 Å². The lowest BCUT2D eigenvalue weighted by atomic mass is 9.58. The standard InChI is InChI=1S/C26H26N2O7/c1-14-15-7-6-10-17(11-15)26(16-8-4-3-5-9-16)25(2)22(31)27-24(32)28(23(25)35-26)20-12-18(29)19(34-20)13-33-21(14)30/h3-11,14,18-20,23,29H,12-13H2,1-2H3,(H,27,31,32)/t14-,18-,19+,20+,23-,25-,26+/m0/s1. The molecule has 0 aliphatic carbocycles. The number of carbonyl (C=O) groups is 3. The van der Waals surface area contributed by atoms with Crippen LogP contribution in [0, 0.1) is 5.41 Å². The monoisotopic (exact) mass is 478 g/mol. The number of carbonyl (C=O) groups excluding carboxylic acids is 3. The van der Waals surface area contributed by atoms with Gasteiger partial charge in [0, 0.05) is 6.42 Å². The maximum absolute atomic E-state index is 13.6. The van der Waals surface area contributed by atoms with E-state index in [9.17, 15) is 19.5 Å². The Labute approximate surface area is 202 Å². The third-order valence-electron chi connectivity index (χ3n) is 7.92. The Morgan fingerprint density at radius 2 is 1.80 bits per heavy atom. The Balaban J connectivity index is 1.58. The molecule has 9 nitrogen and oxygen atoms in total. The summed E-state index contributed by atoms with van der Waals surface area (Å²) in [5.41, 5.74) is -0.326. The van der Waals surface area contributed by atoms with E-state index < -0.39 is 59.5 Å². The zero-order valence-corrected chi connectivity index (χ0v) is 19.3. The molecule has 5 aliphatic heterocycles. The normalized spacial score (nSPS) is 38.2. The van der Waals surface area contributed by atoms with Crippen molar-refractivity contribution in [2.24, 2.45) is 5.41 Å². The van der Waals surface area contributed by atoms with Gasteiger partial charge in [-0.25, -0.2) is 4.79 Å². The summed E-state index contributed by atoms with van der Waals surface area (Å²) in [6, 6.07) is 16.1. The summed E-state index contributed by atoms with van der Waals surface area (Å²) in [6.45, 7) is 3.38. The molecule has 182 valence electrons. The van der Waals surface area contributed by atoms with Crippen molar-refractivity contribution in [3.05, 3.63) is 71.3 Å². The number of amides is 3. The molecule has 5 aliphatic rings. The van der Waals surface area contributed by atoms with Crippen LogP contribution < -0.4 is 5.32 Å². The fourth-order valence-electron chi connectivity index (χ4n) is 5.87. The molecule has 3 amide bonds. The van der Waals surface area contributed by atoms with Gasteiger partial charge in [-0.1, -0.05) is 54.6 Å². The number of aliphatic hydroxyl groups excluding tert-OH is 1. The number of hydrogen-bond donors (Lipinski definition) is 2. The van der Waals surface area contributed by atoms with Gasteiger partial charge in [-0.15, -0.1) is 0 Å². The van der Waals surface area contributed by atoms with Crippen LogP contribution in [0.1, 0.15) is 42.9 Å². The minimum atomic E-state index is -1.23. The molecule has 2 aromatic carbocycles. The first kappa shape index (κ1) is 22.2. The van der Waals surface area contributed by atoms with Gasteiger partial charge in [0.25, 0.3) is 0 Å². The van der Waals surface area contributed by atoms with Gasteiger partial charge >= 0.3 is 12.0 Å². The number of esters is 1. The molecule has 7 rings (SSSR count). The second-order valence-electron chi connectivity index (χ2n) is 9.80. The highest BCUT2D eigenvalue weighted by Crippen LogP contribution is 2.62. The number of fused-ring (bicyclic) bond motifs is 3. The van der Waals surface area contributed by atoms with Gasteiger partial charge < -0.3 is 19.3 Å². The van der Waals surface area contributed by atoms with Crippen LogP contribution in [-0.2, 0) is 29.4 Å². The number of hydrogen-bond acceptors (Lipinski definition) is 7. The first-order valence-corrected chi connectivity index (χ1v) is 11.7. The van der Waals surface area contributed by atoms with Crippen molar-refractivity contribution in [2.75, 3.05) is 6.61 Å². The molecule has 3 saturated heterocycles. The summed E-state index contributed by atoms with van der Waals surface area (Å²) in [6.07, 6.45) is -3.44. The van der Waals surface area contributed by atoms with Gasteiger partial charge in [0.1, 0.15) is 30.0 Å². The molecular formula is C26H26N2O7. The second-order valence-corrected chi connectivity index (χ2v) is 9.80. The minimum Gasteiger partial charge on any atom is -0.462 e. The number of rotatable bonds is 1. The largest absolute Gasteiger partial charge is 0.462 e. The predicted molar refractivity (Wildman–Crippen MR) is 121 cm³/mol. The Morgan fingerprint density at radius 1 is 1.06 bits per heavy atom. The number of nitrogens with zero attached hydrogens (tertiary/aromatic N) is 1. The molecule has 2 aromatic rings. The van der Waals surface area contributed by atoms with E-state index in [0.29, 0.717) is 11.1 Å². The van der Waals surface area contributed by atoms with Crippen LogP contribution in [0.2, 0.25) is 0 Å². The zero-order chi connectivity index (χ0) is 24.5. The highest BCUT2D eigenvalue weighted by Gasteiger charge is 2.75. The Morgan fingerprint density at radius 3 is 2.57 bits per heavy atom. The molecule has 2 N–H and O–H groups in total. The van der Waals surface area contributed by atoms with Crippen molar-refractivity contribution < 1.29 is 33.7 Å². The molecule has 0 saturated carbocycles. The Bertz CT molecular complexity index is 1220. The maximum Gasteiger partial charge on any atom is 0.328 e. The van der Waals surface area contributed by atoms with Crippen molar-refractivity contribution in [3.63, 3.8) is 0 Å². The third-order valence-corrected chi connectivity index (χ3v) is 7.92. The Hall–Kier alpha value is -3.27. The quantitative estimate of drug-likeness (QED) is 0.603. The molecule has 5 heterocycles. The summed E-state index contributed by atoms with van der Waals surface area (Å²) in [7, 11) is 0. The number of urea groups is 1. The lowest BCUT2D eigenvalue weighted by Crippen LogP contribution is -2.81. The van der Waals surface area contributed by atoms with E-state index in [4.69, 9.17) is 14.2 Å². The van der Waals surface area contributed by atoms with Gasteiger partial charge in [0.2, 0.25) is 5.91 Å². The van der Waals surface area contributed by atoms with Crippen LogP contribution in [0.3, 0.4) is 0 Å². The summed E-state index contributed by atoms with van der Waals surface area (Å²) < 4.78 is 18.1. The summed E-state index contributed by atoms with van der Waals surface area (Å²) in [4.78, 5) is 40.8. The van der Waals surface area contributed by atoms with Crippen LogP contribution in [0.4, 0.5) is 4.79 Å². The highest BCUT2D eigenvalue weighted by atomic mass is 16.6. The van der Waals surface area contributed by atoms with Crippen LogP contribution in [-0.4, -0.2) is 59.2 Å². The van der Waals surface area contributed by atoms with Gasteiger partial charge in [-0.2, -0.15) is 0 Å². The van der Waals surface area contributed by atoms with E-state index in [-0.39, 0.29) is 13.0 Å². The van der Waals surface area contributed by atoms with E-state index in [2.05, 4.69) is 5.32 Å². The average Bonchev–Trinajstić information content (AvgIpc) is 3.22. The van der Waals surface area contributed by atoms with E-state index in [0.717, 1.165) is 5.56 Å². The van der Waals surface area contributed by atoms with Crippen LogP contribution in [0.25, 0.3) is 0 Å². The minimum absolute atomic E-state index is 0.0986. The fraction of sp³-hybridized carbons (Fsp3) is 0.423. The third kappa shape index (κ3) is 2.89. The van der Waals surface area contributed by atoms with E-state index >= 15 is 0 Å². The Kier molecular flexibility index (Phi) is 4.83. The lowest BCUT2D eigenvalue weighted by Gasteiger charge is -2.65. The average molecular weight is 479 g/mol. The van der Waals surface area contributed by atoms with Crippen LogP contribution >= 0.6 is 0 Å². The smallest absolute Gasteiger partial charge is 0.328 e. The summed E-state index contributed by atoms with van der Waals surface area (Å²) >= 11 is 0. The molecule has 7 atom stereocenters. The number of aliphatic hydroxyl groups is 1. The first-order valence-electron chi connectivity index (χ1n) is 11.7. The molecule has 8 bridgehead atoms. The van der Waals surface area contributed by atoms with Crippen molar-refractivity contribution in [1.82, 2.24) is 10.2 Å². The van der Waals surface area contributed by atoms with Crippen LogP contribution in [0.15, 0.2) is 54.6 Å². The zero-order valence-electron chi connectivity index (χ0n) is 19.3. The number of ether oxygens (including phenoxy) is 3. The fourth-order valence-corrected chi connectivity index (χ4v) is 5.87. The number of nitrogens with one attached hydrogen (secondary N) is 1. The number of imide groups is 1. The predicted octanol–water partition coefficient (Wildman–Crippen LogP) is 1.98. The molecule has 3 fully saturated rings. The van der Waals surface area contributed by atoms with Crippen molar-refractivity contribution in [1.29, 1.82) is 0 Å². The van der Waals surface area contributed by atoms with Gasteiger partial charge in [0.05, 0.1) is 12.0 Å². The maximum atomic E-state index is 13.6. The second kappa shape index (κ2) is 7.61.